The highest BCUT2D eigenvalue weighted by Crippen LogP contribution is 2.35. The van der Waals surface area contributed by atoms with Crippen molar-refractivity contribution in [3.05, 3.63) is 75.8 Å². The smallest absolute Gasteiger partial charge is 0.254 e. The molecule has 8 heteroatoms. The molecule has 34 heavy (non-hydrogen) atoms. The lowest BCUT2D eigenvalue weighted by molar-refractivity contribution is 0.0682. The Hall–Kier alpha value is -2.28. The summed E-state index contributed by atoms with van der Waals surface area (Å²) in [4.78, 5) is 15.4. The maximum Gasteiger partial charge on any atom is 0.254 e. The molecular weight excluding hydrogens is 493 g/mol. The molecule has 1 atom stereocenters. The van der Waals surface area contributed by atoms with Crippen LogP contribution in [0.25, 0.3) is 10.8 Å². The maximum atomic E-state index is 13.7. The number of halogens is 2. The molecule has 0 aromatic heterocycles. The van der Waals surface area contributed by atoms with Crippen molar-refractivity contribution in [3.8, 4) is 5.75 Å². The SMILES string of the molecule is CCCCOc1c(Cl)cc(C(=O)N(Cc2cccc3ccccc23)C2CCS(=O)(=O)C2)cc1Cl. The molecule has 1 fully saturated rings. The maximum absolute atomic E-state index is 13.7. The first-order chi connectivity index (χ1) is 16.3. The van der Waals surface area contributed by atoms with E-state index in [1.807, 2.05) is 42.5 Å². The average Bonchev–Trinajstić information content (AvgIpc) is 3.18. The highest BCUT2D eigenvalue weighted by atomic mass is 35.5. The van der Waals surface area contributed by atoms with Crippen LogP contribution in [0.4, 0.5) is 0 Å². The van der Waals surface area contributed by atoms with Crippen molar-refractivity contribution < 1.29 is 17.9 Å². The second-order valence-corrected chi connectivity index (χ2v) is 11.6. The Morgan fingerprint density at radius 2 is 1.79 bits per heavy atom. The van der Waals surface area contributed by atoms with Gasteiger partial charge in [-0.1, -0.05) is 79.0 Å². The van der Waals surface area contributed by atoms with Crippen LogP contribution in [-0.2, 0) is 16.4 Å². The van der Waals surface area contributed by atoms with E-state index < -0.39 is 15.9 Å². The van der Waals surface area contributed by atoms with E-state index >= 15 is 0 Å². The van der Waals surface area contributed by atoms with Gasteiger partial charge >= 0.3 is 0 Å². The molecule has 0 N–H and O–H groups in total. The molecular formula is C26H27Cl2NO4S. The summed E-state index contributed by atoms with van der Waals surface area (Å²) in [6.07, 6.45) is 2.24. The number of unbranched alkanes of at least 4 members (excludes halogenated alkanes) is 1. The molecule has 1 amide bonds. The number of sulfone groups is 1. The van der Waals surface area contributed by atoms with Crippen LogP contribution in [0.3, 0.4) is 0 Å². The third-order valence-corrected chi connectivity index (χ3v) is 8.43. The van der Waals surface area contributed by atoms with Crippen molar-refractivity contribution in [3.63, 3.8) is 0 Å². The van der Waals surface area contributed by atoms with Crippen LogP contribution in [0.1, 0.15) is 42.1 Å². The Kier molecular flexibility index (Phi) is 7.70. The van der Waals surface area contributed by atoms with E-state index in [1.165, 1.54) is 0 Å². The van der Waals surface area contributed by atoms with Gasteiger partial charge in [0.2, 0.25) is 0 Å². The van der Waals surface area contributed by atoms with Gasteiger partial charge in [-0.3, -0.25) is 4.79 Å². The van der Waals surface area contributed by atoms with Gasteiger partial charge < -0.3 is 9.64 Å². The largest absolute Gasteiger partial charge is 0.490 e. The summed E-state index contributed by atoms with van der Waals surface area (Å²) in [6.45, 7) is 2.82. The van der Waals surface area contributed by atoms with Gasteiger partial charge in [0.25, 0.3) is 5.91 Å². The number of carbonyl (C=O) groups is 1. The second kappa shape index (κ2) is 10.5. The summed E-state index contributed by atoms with van der Waals surface area (Å²) in [6, 6.07) is 16.6. The number of hydrogen-bond donors (Lipinski definition) is 0. The van der Waals surface area contributed by atoms with Gasteiger partial charge in [-0.05, 0) is 41.3 Å². The molecule has 4 rings (SSSR count). The predicted molar refractivity (Wildman–Crippen MR) is 138 cm³/mol. The highest BCUT2D eigenvalue weighted by Gasteiger charge is 2.35. The fraction of sp³-hybridized carbons (Fsp3) is 0.346. The van der Waals surface area contributed by atoms with E-state index in [1.54, 1.807) is 17.0 Å². The summed E-state index contributed by atoms with van der Waals surface area (Å²) >= 11 is 12.9. The van der Waals surface area contributed by atoms with Gasteiger partial charge in [0.15, 0.2) is 15.6 Å². The molecule has 0 aliphatic carbocycles. The number of fused-ring (bicyclic) bond motifs is 1. The third kappa shape index (κ3) is 5.51. The van der Waals surface area contributed by atoms with E-state index in [-0.39, 0.29) is 34.0 Å². The molecule has 0 bridgehead atoms. The summed E-state index contributed by atoms with van der Waals surface area (Å²) in [5.74, 6) is 0.0719. The molecule has 180 valence electrons. The number of hydrogen-bond acceptors (Lipinski definition) is 4. The number of carbonyl (C=O) groups excluding carboxylic acids is 1. The minimum atomic E-state index is -3.19. The van der Waals surface area contributed by atoms with E-state index in [0.717, 1.165) is 29.2 Å². The molecule has 1 aliphatic heterocycles. The second-order valence-electron chi connectivity index (χ2n) is 8.60. The first-order valence-corrected chi connectivity index (χ1v) is 14.0. The fourth-order valence-corrected chi connectivity index (χ4v) is 6.63. The van der Waals surface area contributed by atoms with Crippen LogP contribution in [0.2, 0.25) is 10.0 Å². The topological polar surface area (TPSA) is 63.7 Å². The van der Waals surface area contributed by atoms with Crippen molar-refractivity contribution in [2.45, 2.75) is 38.8 Å². The number of ether oxygens (including phenoxy) is 1. The number of nitrogens with zero attached hydrogens (tertiary/aromatic N) is 1. The van der Waals surface area contributed by atoms with Gasteiger partial charge in [-0.15, -0.1) is 0 Å². The van der Waals surface area contributed by atoms with Crippen molar-refractivity contribution >= 4 is 49.7 Å². The quantitative estimate of drug-likeness (QED) is 0.334. The van der Waals surface area contributed by atoms with Crippen molar-refractivity contribution in [1.29, 1.82) is 0 Å². The van der Waals surface area contributed by atoms with Crippen molar-refractivity contribution in [2.75, 3.05) is 18.1 Å². The lowest BCUT2D eigenvalue weighted by Gasteiger charge is -2.29. The van der Waals surface area contributed by atoms with E-state index in [0.29, 0.717) is 24.3 Å². The molecule has 0 radical (unpaired) electrons. The van der Waals surface area contributed by atoms with E-state index in [2.05, 4.69) is 6.92 Å². The van der Waals surface area contributed by atoms with Crippen molar-refractivity contribution in [1.82, 2.24) is 4.90 Å². The Labute approximate surface area is 210 Å². The summed E-state index contributed by atoms with van der Waals surface area (Å²) in [7, 11) is -3.19. The van der Waals surface area contributed by atoms with Gasteiger partial charge in [0.05, 0.1) is 28.2 Å². The van der Waals surface area contributed by atoms with Gasteiger partial charge in [-0.2, -0.15) is 0 Å². The molecule has 1 heterocycles. The minimum absolute atomic E-state index is 0.0524. The molecule has 1 aliphatic rings. The lowest BCUT2D eigenvalue weighted by Crippen LogP contribution is -2.40. The first-order valence-electron chi connectivity index (χ1n) is 11.4. The molecule has 1 saturated heterocycles. The zero-order valence-corrected chi connectivity index (χ0v) is 21.3. The molecule has 3 aromatic carbocycles. The van der Waals surface area contributed by atoms with Gasteiger partial charge in [0, 0.05) is 18.2 Å². The Morgan fingerprint density at radius 1 is 1.09 bits per heavy atom. The minimum Gasteiger partial charge on any atom is -0.490 e. The predicted octanol–water partition coefficient (Wildman–Crippen LogP) is 6.16. The van der Waals surface area contributed by atoms with Crippen LogP contribution in [0, 0.1) is 0 Å². The number of amides is 1. The van der Waals surface area contributed by atoms with Crippen LogP contribution >= 0.6 is 23.2 Å². The van der Waals surface area contributed by atoms with Gasteiger partial charge in [-0.25, -0.2) is 8.42 Å². The summed E-state index contributed by atoms with van der Waals surface area (Å²) < 4.78 is 30.2. The average molecular weight is 520 g/mol. The Morgan fingerprint density at radius 3 is 2.47 bits per heavy atom. The first kappa shape index (κ1) is 24.8. The normalized spacial score (nSPS) is 17.1. The summed E-state index contributed by atoms with van der Waals surface area (Å²) in [5.41, 5.74) is 1.26. The fourth-order valence-electron chi connectivity index (χ4n) is 4.31. The van der Waals surface area contributed by atoms with E-state index in [4.69, 9.17) is 27.9 Å². The van der Waals surface area contributed by atoms with Crippen molar-refractivity contribution in [2.24, 2.45) is 0 Å². The van der Waals surface area contributed by atoms with E-state index in [9.17, 15) is 13.2 Å². The monoisotopic (exact) mass is 519 g/mol. The molecule has 5 nitrogen and oxygen atoms in total. The lowest BCUT2D eigenvalue weighted by atomic mass is 10.0. The van der Waals surface area contributed by atoms with Crippen LogP contribution < -0.4 is 4.74 Å². The standard InChI is InChI=1S/C26H27Cl2NO4S/c1-2-3-12-33-25-23(27)14-20(15-24(25)28)26(30)29(21-11-13-34(31,32)17-21)16-19-9-6-8-18-7-4-5-10-22(18)19/h4-10,14-15,21H,2-3,11-13,16-17H2,1H3. The van der Waals surface area contributed by atoms with Crippen LogP contribution in [-0.4, -0.2) is 43.4 Å². The van der Waals surface area contributed by atoms with Gasteiger partial charge in [0.1, 0.15) is 0 Å². The number of benzene rings is 3. The van der Waals surface area contributed by atoms with Crippen LogP contribution in [0.5, 0.6) is 5.75 Å². The molecule has 0 saturated carbocycles. The van der Waals surface area contributed by atoms with Crippen LogP contribution in [0.15, 0.2) is 54.6 Å². The Bertz CT molecular complexity index is 1280. The zero-order chi connectivity index (χ0) is 24.3. The molecule has 1 unspecified atom stereocenters. The molecule has 0 spiro atoms. The Balaban J connectivity index is 1.68. The molecule has 3 aromatic rings. The highest BCUT2D eigenvalue weighted by molar-refractivity contribution is 7.91. The summed E-state index contributed by atoms with van der Waals surface area (Å²) in [5, 5.41) is 2.61. The third-order valence-electron chi connectivity index (χ3n) is 6.12. The number of rotatable bonds is 8. The zero-order valence-electron chi connectivity index (χ0n) is 19.0.